The van der Waals surface area contributed by atoms with Gasteiger partial charge in [-0.25, -0.2) is 14.4 Å². The topological polar surface area (TPSA) is 191 Å². The van der Waals surface area contributed by atoms with Crippen molar-refractivity contribution in [1.82, 2.24) is 0 Å². The highest BCUT2D eigenvalue weighted by Gasteiger charge is 2.52. The molecule has 0 spiro atoms. The van der Waals surface area contributed by atoms with Crippen LogP contribution in [0, 0.1) is 20.8 Å². The zero-order valence-corrected chi connectivity index (χ0v) is 72.5. The van der Waals surface area contributed by atoms with Crippen molar-refractivity contribution in [3.05, 3.63) is 180 Å². The smallest absolute Gasteiger partial charge is 0.494 e. The summed E-state index contributed by atoms with van der Waals surface area (Å²) >= 11 is 11.4. The lowest BCUT2D eigenvalue weighted by Crippen LogP contribution is -2.41. The minimum absolute atomic E-state index is 0.294. The molecular weight excluding hydrogens is 1510 g/mol. The molecule has 6 aromatic carbocycles. The van der Waals surface area contributed by atoms with E-state index in [2.05, 4.69) is 71.0 Å². The Morgan fingerprint density at radius 2 is 0.770 bits per heavy atom. The number of ether oxygens (including phenoxy) is 11. The van der Waals surface area contributed by atoms with Crippen LogP contribution in [0.3, 0.4) is 0 Å². The summed E-state index contributed by atoms with van der Waals surface area (Å²) < 4.78 is 75.2. The molecule has 1 fully saturated rings. The lowest BCUT2D eigenvalue weighted by Gasteiger charge is -2.32. The number of hydrogen-bond donors (Lipinski definition) is 1. The van der Waals surface area contributed by atoms with E-state index in [9.17, 15) is 19.5 Å². The normalized spacial score (nSPS) is 15.5. The van der Waals surface area contributed by atoms with Gasteiger partial charge in [-0.05, 0) is 310 Å². The Bertz CT molecular complexity index is 4750. The lowest BCUT2D eigenvalue weighted by molar-refractivity contribution is -0.167. The third kappa shape index (κ3) is 21.5. The van der Waals surface area contributed by atoms with Crippen LogP contribution in [-0.4, -0.2) is 113 Å². The number of carbonyl (C=O) groups is 3. The molecule has 3 aromatic heterocycles. The third-order valence-corrected chi connectivity index (χ3v) is 23.4. The van der Waals surface area contributed by atoms with Gasteiger partial charge in [-0.15, -0.1) is 34.0 Å². The Morgan fingerprint density at radius 3 is 1.11 bits per heavy atom. The van der Waals surface area contributed by atoms with Crippen LogP contribution < -0.4 is 33.9 Å². The van der Waals surface area contributed by atoms with Crippen molar-refractivity contribution < 1.29 is 80.9 Å². The van der Waals surface area contributed by atoms with Crippen LogP contribution in [0.15, 0.2) is 127 Å². The van der Waals surface area contributed by atoms with Gasteiger partial charge in [0.1, 0.15) is 38.8 Å². The first kappa shape index (κ1) is 87.2. The second kappa shape index (κ2) is 37.2. The molecule has 7 heterocycles. The molecule has 0 amide bonds. The number of carboxylic acids is 1. The van der Waals surface area contributed by atoms with E-state index in [1.165, 1.54) is 22.5 Å². The summed E-state index contributed by atoms with van der Waals surface area (Å²) in [6.45, 7) is 37.9. The van der Waals surface area contributed by atoms with Crippen molar-refractivity contribution in [3.8, 4) is 88.8 Å². The van der Waals surface area contributed by atoms with Crippen LogP contribution in [-0.2, 0) is 66.6 Å². The van der Waals surface area contributed by atoms with Gasteiger partial charge < -0.3 is 66.5 Å². The maximum atomic E-state index is 13.2. The number of carboxylic acid groups (broad SMARTS) is 1. The zero-order valence-electron chi connectivity index (χ0n) is 69.3. The number of fused-ring (bicyclic) bond motifs is 3. The predicted octanol–water partition coefficient (Wildman–Crippen LogP) is 21.9. The fraction of sp³-hybridized carbons (Fsp3) is 0.440. The average Bonchev–Trinajstić information content (AvgIpc) is 1.47. The van der Waals surface area contributed by atoms with Gasteiger partial charge in [0.05, 0.1) is 82.4 Å². The minimum Gasteiger partial charge on any atom is -0.497 e. The second-order valence-electron chi connectivity index (χ2n) is 32.1. The highest BCUT2D eigenvalue weighted by atomic mass is 35.5. The number of hydrogen-bond acceptors (Lipinski definition) is 19. The van der Waals surface area contributed by atoms with Gasteiger partial charge in [-0.3, -0.25) is 0 Å². The molecule has 17 nitrogen and oxygen atoms in total. The van der Waals surface area contributed by atoms with Crippen LogP contribution in [0.4, 0.5) is 0 Å². The number of aryl methyl sites for hydroxylation is 6. The molecule has 1 N–H and O–H groups in total. The fourth-order valence-electron chi connectivity index (χ4n) is 13.8. The van der Waals surface area contributed by atoms with Crippen molar-refractivity contribution in [3.63, 3.8) is 0 Å². The molecule has 1 saturated heterocycles. The molecule has 0 bridgehead atoms. The monoisotopic (exact) mass is 1620 g/mol. The SMILES string of the molecule is CCOC(=O)C(OC(C)(C)C)c1c(C)sc(-c2ccc(OC)cc2)c1-c1ccc2c(c1)CCCO2.CCOC(=O)C(OC(C)(C)C)c1c(C)sc(Cl)c1-c1ccc2c(c1)CCCO2.COc1ccc(-c2sc(C)c(C(OC(C)(C)C)C(=O)O)c2-c2ccc3c(c2)CCCO3)cc1.COc1ccc(B2OC(C)(C)C(C)(C)O2)cc1. The average molecular weight is 1620 g/mol. The van der Waals surface area contributed by atoms with Gasteiger partial charge in [0.15, 0.2) is 18.3 Å². The number of benzene rings is 6. The van der Waals surface area contributed by atoms with E-state index in [0.29, 0.717) is 23.1 Å². The molecular formula is C91H110BClO17S3. The van der Waals surface area contributed by atoms with Gasteiger partial charge in [0.2, 0.25) is 0 Å². The molecule has 604 valence electrons. The van der Waals surface area contributed by atoms with Crippen LogP contribution in [0.5, 0.6) is 34.5 Å². The second-order valence-corrected chi connectivity index (χ2v) is 36.4. The first-order chi connectivity index (χ1) is 53.5. The molecule has 3 unspecified atom stereocenters. The zero-order chi connectivity index (χ0) is 82.1. The van der Waals surface area contributed by atoms with Crippen LogP contribution in [0.25, 0.3) is 54.3 Å². The van der Waals surface area contributed by atoms with Crippen molar-refractivity contribution >= 4 is 76.1 Å². The molecule has 4 aliphatic heterocycles. The Hall–Kier alpha value is -8.22. The van der Waals surface area contributed by atoms with E-state index in [-0.39, 0.29) is 24.3 Å². The Balaban J connectivity index is 0.000000164. The van der Waals surface area contributed by atoms with Gasteiger partial charge in [-0.1, -0.05) is 41.9 Å². The van der Waals surface area contributed by atoms with Crippen molar-refractivity contribution in [2.75, 3.05) is 54.4 Å². The highest BCUT2D eigenvalue weighted by molar-refractivity contribution is 7.17. The van der Waals surface area contributed by atoms with E-state index >= 15 is 0 Å². The Labute approximate surface area is 684 Å². The molecule has 0 radical (unpaired) electrons. The molecule has 113 heavy (non-hydrogen) atoms. The summed E-state index contributed by atoms with van der Waals surface area (Å²) in [5.74, 6) is 3.43. The Kier molecular flexibility index (Phi) is 28.7. The maximum Gasteiger partial charge on any atom is 0.494 e. The van der Waals surface area contributed by atoms with Gasteiger partial charge >= 0.3 is 25.0 Å². The first-order valence-corrected chi connectivity index (χ1v) is 41.5. The fourth-order valence-corrected chi connectivity index (χ4v) is 17.7. The van der Waals surface area contributed by atoms with E-state index in [1.807, 2.05) is 174 Å². The van der Waals surface area contributed by atoms with Crippen molar-refractivity contribution in [2.24, 2.45) is 0 Å². The molecule has 3 atom stereocenters. The Morgan fingerprint density at radius 1 is 0.460 bits per heavy atom. The lowest BCUT2D eigenvalue weighted by atomic mass is 9.79. The molecule has 4 aliphatic rings. The number of rotatable bonds is 20. The first-order valence-electron chi connectivity index (χ1n) is 38.7. The number of esters is 2. The summed E-state index contributed by atoms with van der Waals surface area (Å²) in [6.07, 6.45) is 3.12. The standard InChI is InChI=1S/C29H34O5S.C27H30O5S.C22H27ClO4S.C13H19BO3/c1-7-32-28(30)26(34-29(3,4)5)24-18(2)35-27(19-10-13-22(31-6)14-11-19)25(24)21-12-15-23-20(17-21)9-8-16-33-23;1-16-22(24(26(28)29)32-27(2,3)4)23(19-10-13-21-18(15-19)7-6-14-31-21)25(33-16)17-8-11-20(30-5)12-9-17;1-6-25-21(24)19(27-22(3,4)5)17-13(2)28-20(23)18(17)15-9-10-16-14(12-15)8-7-11-26-16;1-12(2)13(3,4)17-14(16-12)10-6-8-11(15-5)9-7-10/h10-15,17,26H,7-9,16H2,1-6H3;8-13,15,24H,6-7,14H2,1-5H3,(H,28,29);9-10,12,19H,6-8,11H2,1-5H3;6-9H,1-5H3. The number of halogens is 1. The van der Waals surface area contributed by atoms with E-state index < -0.39 is 47.1 Å². The highest BCUT2D eigenvalue weighted by Crippen LogP contribution is 2.52. The summed E-state index contributed by atoms with van der Waals surface area (Å²) in [4.78, 5) is 43.5. The molecule has 22 heteroatoms. The molecule has 0 aliphatic carbocycles. The number of thiophene rings is 3. The molecule has 9 aromatic rings. The third-order valence-electron chi connectivity index (χ3n) is 19.7. The van der Waals surface area contributed by atoms with Crippen LogP contribution in [0.2, 0.25) is 4.34 Å². The van der Waals surface area contributed by atoms with E-state index in [1.54, 1.807) is 50.9 Å². The number of methoxy groups -OCH3 is 3. The molecule has 0 saturated carbocycles. The van der Waals surface area contributed by atoms with E-state index in [4.69, 9.17) is 73.0 Å². The van der Waals surface area contributed by atoms with Crippen molar-refractivity contribution in [1.29, 1.82) is 0 Å². The van der Waals surface area contributed by atoms with Crippen LogP contribution in [0.1, 0.15) is 189 Å². The van der Waals surface area contributed by atoms with Gasteiger partial charge in [0, 0.05) is 57.8 Å². The summed E-state index contributed by atoms with van der Waals surface area (Å²) in [5, 5.41) is 10.2. The quantitative estimate of drug-likeness (QED) is 0.0559. The summed E-state index contributed by atoms with van der Waals surface area (Å²) in [6, 6.07) is 42.3. The summed E-state index contributed by atoms with van der Waals surface area (Å²) in [7, 11) is 4.66. The predicted molar refractivity (Wildman–Crippen MR) is 454 cm³/mol. The van der Waals surface area contributed by atoms with Gasteiger partial charge in [-0.2, -0.15) is 0 Å². The van der Waals surface area contributed by atoms with Gasteiger partial charge in [0.25, 0.3) is 0 Å². The van der Waals surface area contributed by atoms with Crippen molar-refractivity contribution in [2.45, 2.75) is 209 Å². The number of carbonyl (C=O) groups excluding carboxylic acids is 2. The largest absolute Gasteiger partial charge is 0.497 e. The van der Waals surface area contributed by atoms with Crippen LogP contribution >= 0.6 is 45.6 Å². The molecule has 13 rings (SSSR count). The maximum absolute atomic E-state index is 13.2. The minimum atomic E-state index is -1.07. The summed E-state index contributed by atoms with van der Waals surface area (Å²) in [5.41, 5.74) is 12.5. The van der Waals surface area contributed by atoms with E-state index in [0.717, 1.165) is 184 Å². The number of aliphatic carboxylic acids is 1.